The van der Waals surface area contributed by atoms with Gasteiger partial charge in [0.2, 0.25) is 5.91 Å². The van der Waals surface area contributed by atoms with Crippen molar-refractivity contribution in [3.8, 4) is 0 Å². The first-order valence-corrected chi connectivity index (χ1v) is 14.5. The molecule has 214 valence electrons. The molecule has 3 heterocycles. The number of aryl methyl sites for hydroxylation is 2. The standard InChI is InChI=1S/C31H43N7O2/c1-6-7-22-14-20(4)37-30(39)26(22)18-35-31(40)29-21(5)24(15-27(25(29)16-32)36-19(2)3)23-8-9-28(34-17-23)38-12-10-33-11-13-38/h8-9,14-17,19,21,29,32-33,36H,6-7,10-13,18H2,1-5H3,(H,35,40)(H,37,39)/p+1. The van der Waals surface area contributed by atoms with Gasteiger partial charge < -0.3 is 31.2 Å². The highest BCUT2D eigenvalue weighted by atomic mass is 16.2. The Morgan fingerprint density at radius 3 is 2.67 bits per heavy atom. The predicted molar refractivity (Wildman–Crippen MR) is 160 cm³/mol. The molecule has 1 aliphatic carbocycles. The van der Waals surface area contributed by atoms with E-state index in [-0.39, 0.29) is 30.0 Å². The third-order valence-corrected chi connectivity index (χ3v) is 7.76. The van der Waals surface area contributed by atoms with E-state index >= 15 is 0 Å². The zero-order chi connectivity index (χ0) is 28.8. The van der Waals surface area contributed by atoms with E-state index in [1.54, 1.807) is 0 Å². The molecule has 2 atom stereocenters. The maximum absolute atomic E-state index is 13.8. The molecule has 1 saturated heterocycles. The Balaban J connectivity index is 1.64. The fraction of sp³-hybridized carbons (Fsp3) is 0.484. The number of anilines is 1. The third-order valence-electron chi connectivity index (χ3n) is 7.76. The van der Waals surface area contributed by atoms with E-state index in [1.807, 2.05) is 26.1 Å². The minimum absolute atomic E-state index is 0.154. The molecule has 1 aliphatic heterocycles. The average molecular weight is 547 g/mol. The van der Waals surface area contributed by atoms with Gasteiger partial charge >= 0.3 is 0 Å². The van der Waals surface area contributed by atoms with E-state index in [0.29, 0.717) is 11.1 Å². The van der Waals surface area contributed by atoms with E-state index in [4.69, 9.17) is 10.4 Å². The molecule has 0 aromatic carbocycles. The van der Waals surface area contributed by atoms with Crippen LogP contribution in [0.4, 0.5) is 5.82 Å². The summed E-state index contributed by atoms with van der Waals surface area (Å²) in [6.45, 7) is 14.1. The summed E-state index contributed by atoms with van der Waals surface area (Å²) in [5.41, 5.74) is 5.81. The van der Waals surface area contributed by atoms with E-state index in [9.17, 15) is 9.59 Å². The van der Waals surface area contributed by atoms with Crippen LogP contribution in [-0.2, 0) is 17.8 Å². The Morgan fingerprint density at radius 2 is 2.05 bits per heavy atom. The number of amides is 1. The molecule has 9 nitrogen and oxygen atoms in total. The minimum atomic E-state index is -0.561. The Labute approximate surface area is 237 Å². The van der Waals surface area contributed by atoms with E-state index in [0.717, 1.165) is 72.9 Å². The first-order chi connectivity index (χ1) is 19.2. The summed E-state index contributed by atoms with van der Waals surface area (Å²) in [5, 5.41) is 16.8. The van der Waals surface area contributed by atoms with E-state index < -0.39 is 5.92 Å². The third kappa shape index (κ3) is 6.59. The average Bonchev–Trinajstić information content (AvgIpc) is 2.93. The van der Waals surface area contributed by atoms with Gasteiger partial charge in [-0.05, 0) is 68.0 Å². The Hall–Kier alpha value is -3.56. The number of rotatable bonds is 10. The summed E-state index contributed by atoms with van der Waals surface area (Å²) >= 11 is 0. The van der Waals surface area contributed by atoms with Crippen LogP contribution in [0.5, 0.6) is 0 Å². The number of aromatic nitrogens is 2. The smallest absolute Gasteiger partial charge is 0.253 e. The van der Waals surface area contributed by atoms with Gasteiger partial charge in [-0.15, -0.1) is 0 Å². The summed E-state index contributed by atoms with van der Waals surface area (Å²) < 4.78 is 0. The number of pyridine rings is 2. The van der Waals surface area contributed by atoms with Crippen molar-refractivity contribution in [2.45, 2.75) is 60.0 Å². The highest BCUT2D eigenvalue weighted by molar-refractivity contribution is 5.95. The topological polar surface area (TPSA) is 131 Å². The number of allylic oxidation sites excluding steroid dienone is 2. The number of nitrogens with zero attached hydrogens (tertiary/aromatic N) is 2. The Kier molecular flexibility index (Phi) is 9.71. The molecule has 0 bridgehead atoms. The second-order valence-corrected chi connectivity index (χ2v) is 11.2. The van der Waals surface area contributed by atoms with E-state index in [1.165, 1.54) is 6.21 Å². The van der Waals surface area contributed by atoms with Crippen LogP contribution in [0.3, 0.4) is 0 Å². The molecule has 9 heteroatoms. The van der Waals surface area contributed by atoms with Crippen molar-refractivity contribution >= 4 is 23.5 Å². The summed E-state index contributed by atoms with van der Waals surface area (Å²) in [6.07, 6.45) is 7.02. The largest absolute Gasteiger partial charge is 0.354 e. The number of carbonyl (C=O) groups is 1. The first-order valence-electron chi connectivity index (χ1n) is 14.5. The lowest BCUT2D eigenvalue weighted by Crippen LogP contribution is -2.87. The van der Waals surface area contributed by atoms with Crippen molar-refractivity contribution in [2.75, 3.05) is 31.1 Å². The SMILES string of the molecule is CCCc1cc(C)[nH]c(=O)c1CNC(=O)C1C(C=N)=C([NH2+]C(C)C)C=C(c2ccc(N3CCNCC3)nc2)C1C. The fourth-order valence-corrected chi connectivity index (χ4v) is 5.80. The van der Waals surface area contributed by atoms with Gasteiger partial charge in [-0.1, -0.05) is 20.3 Å². The van der Waals surface area contributed by atoms with Crippen LogP contribution < -0.4 is 26.4 Å². The minimum Gasteiger partial charge on any atom is -0.354 e. The molecular weight excluding hydrogens is 502 g/mol. The number of nitrogens with one attached hydrogen (secondary N) is 4. The van der Waals surface area contributed by atoms with Gasteiger partial charge in [-0.2, -0.15) is 0 Å². The second kappa shape index (κ2) is 13.2. The zero-order valence-corrected chi connectivity index (χ0v) is 24.4. The van der Waals surface area contributed by atoms with Crippen molar-refractivity contribution in [1.82, 2.24) is 20.6 Å². The van der Waals surface area contributed by atoms with Crippen LogP contribution in [0.2, 0.25) is 0 Å². The molecule has 6 N–H and O–H groups in total. The lowest BCUT2D eigenvalue weighted by atomic mass is 9.74. The van der Waals surface area contributed by atoms with Crippen molar-refractivity contribution < 1.29 is 10.1 Å². The van der Waals surface area contributed by atoms with Crippen LogP contribution >= 0.6 is 0 Å². The van der Waals surface area contributed by atoms with Gasteiger partial charge in [0.1, 0.15) is 11.5 Å². The van der Waals surface area contributed by atoms with Crippen LogP contribution in [0.25, 0.3) is 5.57 Å². The summed E-state index contributed by atoms with van der Waals surface area (Å²) in [4.78, 5) is 36.5. The van der Waals surface area contributed by atoms with Gasteiger partial charge in [0.25, 0.3) is 5.56 Å². The van der Waals surface area contributed by atoms with Gasteiger partial charge in [0.05, 0.1) is 12.0 Å². The molecule has 1 amide bonds. The molecule has 0 radical (unpaired) electrons. The molecule has 4 rings (SSSR count). The number of H-pyrrole nitrogens is 1. The van der Waals surface area contributed by atoms with Crippen molar-refractivity contribution in [3.05, 3.63) is 74.5 Å². The molecule has 1 fully saturated rings. The number of piperazine rings is 1. The molecule has 2 aromatic heterocycles. The number of carbonyl (C=O) groups excluding carboxylic acids is 1. The number of quaternary nitrogens is 1. The summed E-state index contributed by atoms with van der Waals surface area (Å²) in [7, 11) is 0. The molecule has 2 unspecified atom stereocenters. The van der Waals surface area contributed by atoms with E-state index in [2.05, 4.69) is 64.8 Å². The second-order valence-electron chi connectivity index (χ2n) is 11.2. The monoisotopic (exact) mass is 546 g/mol. The van der Waals surface area contributed by atoms with Gasteiger partial charge in [-0.25, -0.2) is 4.98 Å². The molecule has 40 heavy (non-hydrogen) atoms. The summed E-state index contributed by atoms with van der Waals surface area (Å²) in [6, 6.07) is 6.39. The number of aromatic amines is 1. The maximum atomic E-state index is 13.8. The summed E-state index contributed by atoms with van der Waals surface area (Å²) in [5.74, 6) is 0.0345. The van der Waals surface area contributed by atoms with Gasteiger partial charge in [0, 0.05) is 68.0 Å². The van der Waals surface area contributed by atoms with Gasteiger partial charge in [-0.3, -0.25) is 9.59 Å². The molecule has 0 saturated carbocycles. The van der Waals surface area contributed by atoms with Crippen LogP contribution in [0.1, 0.15) is 56.5 Å². The molecule has 2 aromatic rings. The molecule has 2 aliphatic rings. The molecular formula is C31H44N7O2+. The number of hydrogen-bond donors (Lipinski definition) is 5. The van der Waals surface area contributed by atoms with Crippen LogP contribution in [-0.4, -0.2) is 54.3 Å². The van der Waals surface area contributed by atoms with Crippen molar-refractivity contribution in [1.29, 1.82) is 5.41 Å². The van der Waals surface area contributed by atoms with Crippen LogP contribution in [0.15, 0.2) is 46.5 Å². The predicted octanol–water partition coefficient (Wildman–Crippen LogP) is 2.28. The number of nitrogens with two attached hydrogens (primary N) is 1. The van der Waals surface area contributed by atoms with Crippen LogP contribution in [0, 0.1) is 24.2 Å². The highest BCUT2D eigenvalue weighted by Gasteiger charge is 2.37. The van der Waals surface area contributed by atoms with Gasteiger partial charge in [0.15, 0.2) is 0 Å². The molecule has 0 spiro atoms. The first kappa shape index (κ1) is 29.4. The highest BCUT2D eigenvalue weighted by Crippen LogP contribution is 2.38. The Bertz CT molecular complexity index is 1330. The maximum Gasteiger partial charge on any atom is 0.253 e. The van der Waals surface area contributed by atoms with Crippen molar-refractivity contribution in [3.63, 3.8) is 0 Å². The zero-order valence-electron chi connectivity index (χ0n) is 24.4. The fourth-order valence-electron chi connectivity index (χ4n) is 5.80. The Morgan fingerprint density at radius 1 is 1.30 bits per heavy atom. The van der Waals surface area contributed by atoms with Crippen molar-refractivity contribution in [2.24, 2.45) is 11.8 Å². The lowest BCUT2D eigenvalue weighted by Gasteiger charge is -2.31. The lowest BCUT2D eigenvalue weighted by molar-refractivity contribution is -0.633. The number of hydrogen-bond acceptors (Lipinski definition) is 6. The quantitative estimate of drug-likeness (QED) is 0.292. The normalized spacial score (nSPS) is 19.6.